The van der Waals surface area contributed by atoms with Gasteiger partial charge >= 0.3 is 0 Å². The Hall–Kier alpha value is -2.89. The number of pyridine rings is 1. The molecule has 3 N–H and O–H groups in total. The molecule has 0 saturated carbocycles. The lowest BCUT2D eigenvalue weighted by Gasteiger charge is -2.17. The van der Waals surface area contributed by atoms with Gasteiger partial charge in [-0.2, -0.15) is 0 Å². The van der Waals surface area contributed by atoms with Gasteiger partial charge in [0.05, 0.1) is 5.56 Å². The van der Waals surface area contributed by atoms with Gasteiger partial charge in [0, 0.05) is 30.7 Å². The first-order valence-electron chi connectivity index (χ1n) is 6.30. The third-order valence-electron chi connectivity index (χ3n) is 3.08. The number of aromatic nitrogens is 1. The van der Waals surface area contributed by atoms with Crippen molar-refractivity contribution in [1.29, 1.82) is 0 Å². The van der Waals surface area contributed by atoms with Crippen LogP contribution in [0.4, 0.5) is 5.69 Å². The molecule has 0 radical (unpaired) electrons. The fourth-order valence-corrected chi connectivity index (χ4v) is 1.90. The summed E-state index contributed by atoms with van der Waals surface area (Å²) in [6.45, 7) is 1.88. The van der Waals surface area contributed by atoms with Gasteiger partial charge in [0.2, 0.25) is 0 Å². The molecule has 0 bridgehead atoms. The van der Waals surface area contributed by atoms with Crippen molar-refractivity contribution < 1.29 is 10.0 Å². The minimum atomic E-state index is -0.150. The smallest absolute Gasteiger partial charge is 0.259 e. The number of nitrogens with zero attached hydrogens (tertiary/aromatic N) is 3. The number of carbonyl (C=O) groups is 1. The standard InChI is InChI=1S/C15H16N4O2/c1-10-7-12(9-17-8-10)15(20)19(2)13-5-3-11(4-6-13)14(16)18-21/h3-9,21H,1-2H3,(H2,16,18). The summed E-state index contributed by atoms with van der Waals surface area (Å²) >= 11 is 0. The van der Waals surface area contributed by atoms with Crippen molar-refractivity contribution in [1.82, 2.24) is 4.98 Å². The summed E-state index contributed by atoms with van der Waals surface area (Å²) < 4.78 is 0. The summed E-state index contributed by atoms with van der Waals surface area (Å²) in [6.07, 6.45) is 3.24. The number of benzene rings is 1. The van der Waals surface area contributed by atoms with Crippen LogP contribution < -0.4 is 10.6 Å². The predicted octanol–water partition coefficient (Wildman–Crippen LogP) is 1.76. The number of rotatable bonds is 3. The van der Waals surface area contributed by atoms with Crippen LogP contribution in [-0.2, 0) is 0 Å². The van der Waals surface area contributed by atoms with Crippen molar-refractivity contribution in [3.8, 4) is 0 Å². The molecular formula is C15H16N4O2. The van der Waals surface area contributed by atoms with E-state index in [2.05, 4.69) is 10.1 Å². The van der Waals surface area contributed by atoms with Crippen molar-refractivity contribution in [3.63, 3.8) is 0 Å². The zero-order valence-electron chi connectivity index (χ0n) is 11.8. The minimum Gasteiger partial charge on any atom is -0.409 e. The summed E-state index contributed by atoms with van der Waals surface area (Å²) in [5.41, 5.74) is 8.24. The van der Waals surface area contributed by atoms with Crippen molar-refractivity contribution in [3.05, 3.63) is 59.4 Å². The van der Waals surface area contributed by atoms with E-state index in [-0.39, 0.29) is 11.7 Å². The SMILES string of the molecule is Cc1cncc(C(=O)N(C)c2ccc(C(N)=NO)cc2)c1. The van der Waals surface area contributed by atoms with Gasteiger partial charge in [-0.3, -0.25) is 9.78 Å². The van der Waals surface area contributed by atoms with Crippen LogP contribution in [0.25, 0.3) is 0 Å². The Bertz CT molecular complexity index is 680. The molecule has 0 fully saturated rings. The lowest BCUT2D eigenvalue weighted by atomic mass is 10.1. The molecule has 1 amide bonds. The van der Waals surface area contributed by atoms with Crippen LogP contribution in [0.1, 0.15) is 21.5 Å². The Kier molecular flexibility index (Phi) is 4.18. The molecule has 6 nitrogen and oxygen atoms in total. The molecule has 21 heavy (non-hydrogen) atoms. The fourth-order valence-electron chi connectivity index (χ4n) is 1.90. The lowest BCUT2D eigenvalue weighted by Crippen LogP contribution is -2.26. The molecular weight excluding hydrogens is 268 g/mol. The Labute approximate surface area is 122 Å². The maximum Gasteiger partial charge on any atom is 0.259 e. The molecule has 0 saturated heterocycles. The second kappa shape index (κ2) is 6.04. The van der Waals surface area contributed by atoms with Crippen molar-refractivity contribution in [2.75, 3.05) is 11.9 Å². The Morgan fingerprint density at radius 3 is 2.48 bits per heavy atom. The largest absolute Gasteiger partial charge is 0.409 e. The van der Waals surface area contributed by atoms with Gasteiger partial charge in [0.25, 0.3) is 5.91 Å². The van der Waals surface area contributed by atoms with E-state index in [0.29, 0.717) is 16.8 Å². The van der Waals surface area contributed by atoms with Gasteiger partial charge in [-0.25, -0.2) is 0 Å². The summed E-state index contributed by atoms with van der Waals surface area (Å²) in [4.78, 5) is 17.9. The number of hydrogen-bond donors (Lipinski definition) is 2. The van der Waals surface area contributed by atoms with Gasteiger partial charge in [-0.1, -0.05) is 5.16 Å². The number of anilines is 1. The highest BCUT2D eigenvalue weighted by Crippen LogP contribution is 2.16. The zero-order valence-corrected chi connectivity index (χ0v) is 11.8. The molecule has 1 aromatic heterocycles. The second-order valence-corrected chi connectivity index (χ2v) is 4.65. The first-order valence-corrected chi connectivity index (χ1v) is 6.30. The average molecular weight is 284 g/mol. The van der Waals surface area contributed by atoms with Crippen LogP contribution in [0.5, 0.6) is 0 Å². The van der Waals surface area contributed by atoms with E-state index in [1.807, 2.05) is 6.92 Å². The van der Waals surface area contributed by atoms with Gasteiger partial charge < -0.3 is 15.8 Å². The van der Waals surface area contributed by atoms with Crippen LogP contribution in [0, 0.1) is 6.92 Å². The van der Waals surface area contributed by atoms with E-state index in [1.165, 1.54) is 11.1 Å². The summed E-state index contributed by atoms with van der Waals surface area (Å²) in [7, 11) is 1.68. The number of nitrogens with two attached hydrogens (primary N) is 1. The van der Waals surface area contributed by atoms with Crippen LogP contribution >= 0.6 is 0 Å². The first kappa shape index (κ1) is 14.5. The summed E-state index contributed by atoms with van der Waals surface area (Å²) in [5.74, 6) is -0.124. The quantitative estimate of drug-likeness (QED) is 0.389. The van der Waals surface area contributed by atoms with E-state index in [9.17, 15) is 4.79 Å². The van der Waals surface area contributed by atoms with E-state index in [4.69, 9.17) is 10.9 Å². The number of amides is 1. The van der Waals surface area contributed by atoms with Gasteiger partial charge in [0.15, 0.2) is 5.84 Å². The number of oxime groups is 1. The molecule has 6 heteroatoms. The normalized spacial score (nSPS) is 11.2. The number of carbonyl (C=O) groups excluding carboxylic acids is 1. The molecule has 0 unspecified atom stereocenters. The van der Waals surface area contributed by atoms with Crippen molar-refractivity contribution >= 4 is 17.4 Å². The number of amidine groups is 1. The molecule has 0 atom stereocenters. The lowest BCUT2D eigenvalue weighted by molar-refractivity contribution is 0.0992. The molecule has 2 rings (SSSR count). The third kappa shape index (κ3) is 3.17. The number of hydrogen-bond acceptors (Lipinski definition) is 4. The van der Waals surface area contributed by atoms with Crippen LogP contribution in [0.2, 0.25) is 0 Å². The Morgan fingerprint density at radius 2 is 1.90 bits per heavy atom. The fraction of sp³-hybridized carbons (Fsp3) is 0.133. The summed E-state index contributed by atoms with van der Waals surface area (Å²) in [5, 5.41) is 11.6. The van der Waals surface area contributed by atoms with Gasteiger partial charge in [-0.05, 0) is 42.8 Å². The number of aryl methyl sites for hydroxylation is 1. The molecule has 1 aromatic carbocycles. The van der Waals surface area contributed by atoms with Crippen molar-refractivity contribution in [2.45, 2.75) is 6.92 Å². The van der Waals surface area contributed by atoms with E-state index in [0.717, 1.165) is 5.56 Å². The molecule has 0 spiro atoms. The highest BCUT2D eigenvalue weighted by molar-refractivity contribution is 6.06. The first-order chi connectivity index (χ1) is 10.0. The van der Waals surface area contributed by atoms with Gasteiger partial charge in [0.1, 0.15) is 0 Å². The summed E-state index contributed by atoms with van der Waals surface area (Å²) in [6, 6.07) is 8.62. The maximum absolute atomic E-state index is 12.4. The van der Waals surface area contributed by atoms with Gasteiger partial charge in [-0.15, -0.1) is 0 Å². The van der Waals surface area contributed by atoms with E-state index in [1.54, 1.807) is 43.6 Å². The molecule has 0 aliphatic rings. The topological polar surface area (TPSA) is 91.8 Å². The monoisotopic (exact) mass is 284 g/mol. The van der Waals surface area contributed by atoms with Crippen LogP contribution in [-0.4, -0.2) is 29.0 Å². The van der Waals surface area contributed by atoms with Crippen LogP contribution in [0.3, 0.4) is 0 Å². The highest BCUT2D eigenvalue weighted by atomic mass is 16.4. The highest BCUT2D eigenvalue weighted by Gasteiger charge is 2.14. The predicted molar refractivity (Wildman–Crippen MR) is 80.7 cm³/mol. The third-order valence-corrected chi connectivity index (χ3v) is 3.08. The Balaban J connectivity index is 2.23. The molecule has 1 heterocycles. The molecule has 0 aliphatic carbocycles. The van der Waals surface area contributed by atoms with Crippen molar-refractivity contribution in [2.24, 2.45) is 10.9 Å². The van der Waals surface area contributed by atoms with E-state index >= 15 is 0 Å². The molecule has 2 aromatic rings. The minimum absolute atomic E-state index is 0.0263. The van der Waals surface area contributed by atoms with Crippen LogP contribution in [0.15, 0.2) is 47.9 Å². The Morgan fingerprint density at radius 1 is 1.24 bits per heavy atom. The molecule has 0 aliphatic heterocycles. The second-order valence-electron chi connectivity index (χ2n) is 4.65. The maximum atomic E-state index is 12.4. The zero-order chi connectivity index (χ0) is 15.4. The van der Waals surface area contributed by atoms with E-state index < -0.39 is 0 Å². The molecule has 108 valence electrons. The average Bonchev–Trinajstić information content (AvgIpc) is 2.53.